The molecule has 0 radical (unpaired) electrons. The van der Waals surface area contributed by atoms with Crippen LogP contribution in [0.25, 0.3) is 0 Å². The molecule has 3 nitrogen and oxygen atoms in total. The van der Waals surface area contributed by atoms with Crippen LogP contribution in [-0.4, -0.2) is 23.9 Å². The molecule has 0 aromatic rings. The lowest BCUT2D eigenvalue weighted by Crippen LogP contribution is -2.45. The molecule has 1 fully saturated rings. The average Bonchev–Trinajstić information content (AvgIpc) is 2.62. The van der Waals surface area contributed by atoms with Gasteiger partial charge in [0.1, 0.15) is 5.41 Å². The first kappa shape index (κ1) is 16.0. The van der Waals surface area contributed by atoms with Crippen molar-refractivity contribution >= 4 is 5.91 Å². The molecule has 3 heteroatoms. The molecule has 0 aromatic carbocycles. The predicted molar refractivity (Wildman–Crippen MR) is 77.4 cm³/mol. The van der Waals surface area contributed by atoms with E-state index in [-0.39, 0.29) is 11.9 Å². The zero-order valence-electron chi connectivity index (χ0n) is 12.9. The van der Waals surface area contributed by atoms with Crippen molar-refractivity contribution < 1.29 is 4.79 Å². The lowest BCUT2D eigenvalue weighted by atomic mass is 9.80. The maximum absolute atomic E-state index is 12.7. The highest BCUT2D eigenvalue weighted by Gasteiger charge is 2.41. The van der Waals surface area contributed by atoms with Crippen LogP contribution in [0.1, 0.15) is 65.7 Å². The third kappa shape index (κ3) is 3.96. The van der Waals surface area contributed by atoms with Gasteiger partial charge in [0, 0.05) is 13.1 Å². The molecule has 0 aliphatic heterocycles. The van der Waals surface area contributed by atoms with Gasteiger partial charge in [-0.1, -0.05) is 39.5 Å². The highest BCUT2D eigenvalue weighted by Crippen LogP contribution is 2.36. The summed E-state index contributed by atoms with van der Waals surface area (Å²) in [5.41, 5.74) is -0.753. The number of carbonyl (C=O) groups is 1. The third-order valence-corrected chi connectivity index (χ3v) is 4.37. The highest BCUT2D eigenvalue weighted by atomic mass is 16.2. The summed E-state index contributed by atoms with van der Waals surface area (Å²) in [7, 11) is 1.86. The second-order valence-corrected chi connectivity index (χ2v) is 6.50. The summed E-state index contributed by atoms with van der Waals surface area (Å²) in [6.07, 6.45) is 6.78. The third-order valence-electron chi connectivity index (χ3n) is 4.37. The minimum absolute atomic E-state index is 0.0463. The Bertz CT molecular complexity index is 335. The van der Waals surface area contributed by atoms with Crippen molar-refractivity contribution in [2.75, 3.05) is 7.05 Å². The number of amides is 1. The number of carbonyl (C=O) groups excluding carboxylic acids is 1. The van der Waals surface area contributed by atoms with E-state index in [0.717, 1.165) is 44.9 Å². The number of rotatable bonds is 4. The molecule has 0 aromatic heterocycles. The number of hydrogen-bond donors (Lipinski definition) is 0. The van der Waals surface area contributed by atoms with Crippen LogP contribution in [0.3, 0.4) is 0 Å². The van der Waals surface area contributed by atoms with E-state index in [4.69, 9.17) is 0 Å². The molecule has 0 saturated heterocycles. The molecule has 1 aliphatic carbocycles. The molecular weight excluding hydrogens is 236 g/mol. The quantitative estimate of drug-likeness (QED) is 0.726. The van der Waals surface area contributed by atoms with Gasteiger partial charge < -0.3 is 4.90 Å². The fourth-order valence-corrected chi connectivity index (χ4v) is 3.08. The molecule has 1 unspecified atom stereocenters. The van der Waals surface area contributed by atoms with Gasteiger partial charge in [0.25, 0.3) is 0 Å². The van der Waals surface area contributed by atoms with Crippen molar-refractivity contribution in [1.29, 1.82) is 5.26 Å². The fourth-order valence-electron chi connectivity index (χ4n) is 3.08. The van der Waals surface area contributed by atoms with Gasteiger partial charge in [0.2, 0.25) is 5.91 Å². The van der Waals surface area contributed by atoms with Crippen LogP contribution < -0.4 is 0 Å². The zero-order valence-corrected chi connectivity index (χ0v) is 12.9. The molecule has 1 rings (SSSR count). The second kappa shape index (κ2) is 6.93. The monoisotopic (exact) mass is 264 g/mol. The highest BCUT2D eigenvalue weighted by molar-refractivity contribution is 5.85. The van der Waals surface area contributed by atoms with E-state index in [9.17, 15) is 10.1 Å². The van der Waals surface area contributed by atoms with Crippen LogP contribution >= 0.6 is 0 Å². The summed E-state index contributed by atoms with van der Waals surface area (Å²) in [6, 6.07) is 2.56. The van der Waals surface area contributed by atoms with E-state index in [1.165, 1.54) is 0 Å². The van der Waals surface area contributed by atoms with Crippen molar-refractivity contribution in [3.8, 4) is 6.07 Å². The minimum atomic E-state index is -0.753. The van der Waals surface area contributed by atoms with Crippen LogP contribution in [0, 0.1) is 22.7 Å². The van der Waals surface area contributed by atoms with E-state index in [1.807, 2.05) is 11.9 Å². The van der Waals surface area contributed by atoms with Crippen molar-refractivity contribution in [3.05, 3.63) is 0 Å². The molecule has 0 bridgehead atoms. The lowest BCUT2D eigenvalue weighted by molar-refractivity contribution is -0.140. The van der Waals surface area contributed by atoms with E-state index in [2.05, 4.69) is 26.8 Å². The summed E-state index contributed by atoms with van der Waals surface area (Å²) in [6.45, 7) is 6.42. The number of hydrogen-bond acceptors (Lipinski definition) is 2. The van der Waals surface area contributed by atoms with E-state index in [0.29, 0.717) is 5.92 Å². The number of nitrogens with zero attached hydrogens (tertiary/aromatic N) is 2. The predicted octanol–water partition coefficient (Wildman–Crippen LogP) is 3.74. The van der Waals surface area contributed by atoms with Gasteiger partial charge in [0.05, 0.1) is 6.07 Å². The molecule has 0 N–H and O–H groups in total. The Balaban J connectivity index is 2.80. The molecule has 1 saturated carbocycles. The summed E-state index contributed by atoms with van der Waals surface area (Å²) >= 11 is 0. The zero-order chi connectivity index (χ0) is 14.5. The Morgan fingerprint density at radius 3 is 2.16 bits per heavy atom. The van der Waals surface area contributed by atoms with Crippen LogP contribution in [-0.2, 0) is 4.79 Å². The van der Waals surface area contributed by atoms with Gasteiger partial charge in [-0.3, -0.25) is 4.79 Å². The normalized spacial score (nSPS) is 20.4. The number of nitriles is 1. The van der Waals surface area contributed by atoms with Crippen LogP contribution in [0.2, 0.25) is 0 Å². The Morgan fingerprint density at radius 1 is 1.21 bits per heavy atom. The standard InChI is InChI=1S/C16H28N2O/c1-13(2)11-14(3)18(4)15(19)16(12-17)9-7-5-6-8-10-16/h13-14H,5-11H2,1-4H3. The topological polar surface area (TPSA) is 44.1 Å². The Labute approximate surface area is 118 Å². The molecule has 1 atom stereocenters. The van der Waals surface area contributed by atoms with Crippen molar-refractivity contribution in [2.45, 2.75) is 71.8 Å². The minimum Gasteiger partial charge on any atom is -0.342 e. The van der Waals surface area contributed by atoms with E-state index in [1.54, 1.807) is 0 Å². The van der Waals surface area contributed by atoms with Crippen LogP contribution in [0.15, 0.2) is 0 Å². The van der Waals surface area contributed by atoms with Gasteiger partial charge in [0.15, 0.2) is 0 Å². The average molecular weight is 264 g/mol. The Hall–Kier alpha value is -1.04. The van der Waals surface area contributed by atoms with Crippen molar-refractivity contribution in [3.63, 3.8) is 0 Å². The first-order chi connectivity index (χ1) is 8.93. The van der Waals surface area contributed by atoms with E-state index < -0.39 is 5.41 Å². The van der Waals surface area contributed by atoms with Gasteiger partial charge in [-0.05, 0) is 32.1 Å². The first-order valence-corrected chi connectivity index (χ1v) is 7.61. The van der Waals surface area contributed by atoms with Crippen molar-refractivity contribution in [2.24, 2.45) is 11.3 Å². The van der Waals surface area contributed by atoms with Gasteiger partial charge in [-0.2, -0.15) is 5.26 Å². The van der Waals surface area contributed by atoms with Crippen LogP contribution in [0.5, 0.6) is 0 Å². The second-order valence-electron chi connectivity index (χ2n) is 6.50. The summed E-state index contributed by atoms with van der Waals surface area (Å²) in [5.74, 6) is 0.613. The SMILES string of the molecule is CC(C)CC(C)N(C)C(=O)C1(C#N)CCCCCC1. The Morgan fingerprint density at radius 2 is 1.74 bits per heavy atom. The molecule has 19 heavy (non-hydrogen) atoms. The molecule has 1 aliphatic rings. The molecule has 0 heterocycles. The molecular formula is C16H28N2O. The molecule has 0 spiro atoms. The van der Waals surface area contributed by atoms with Crippen molar-refractivity contribution in [1.82, 2.24) is 4.90 Å². The summed E-state index contributed by atoms with van der Waals surface area (Å²) in [4.78, 5) is 14.5. The molecule has 108 valence electrons. The van der Waals surface area contributed by atoms with Gasteiger partial charge in [-0.15, -0.1) is 0 Å². The maximum Gasteiger partial charge on any atom is 0.243 e. The fraction of sp³-hybridized carbons (Fsp3) is 0.875. The first-order valence-electron chi connectivity index (χ1n) is 7.61. The summed E-state index contributed by atoms with van der Waals surface area (Å²) in [5, 5.41) is 9.55. The summed E-state index contributed by atoms with van der Waals surface area (Å²) < 4.78 is 0. The lowest BCUT2D eigenvalue weighted by Gasteiger charge is -2.33. The van der Waals surface area contributed by atoms with E-state index >= 15 is 0 Å². The van der Waals surface area contributed by atoms with Gasteiger partial charge >= 0.3 is 0 Å². The smallest absolute Gasteiger partial charge is 0.243 e. The Kier molecular flexibility index (Phi) is 5.85. The van der Waals surface area contributed by atoms with Crippen LogP contribution in [0.4, 0.5) is 0 Å². The molecule has 1 amide bonds. The largest absolute Gasteiger partial charge is 0.342 e. The van der Waals surface area contributed by atoms with Gasteiger partial charge in [-0.25, -0.2) is 0 Å². The maximum atomic E-state index is 12.7.